The van der Waals surface area contributed by atoms with Crippen molar-refractivity contribution in [3.05, 3.63) is 30.2 Å². The van der Waals surface area contributed by atoms with Crippen LogP contribution < -0.4 is 0 Å². The van der Waals surface area contributed by atoms with Crippen molar-refractivity contribution in [3.8, 4) is 0 Å². The summed E-state index contributed by atoms with van der Waals surface area (Å²) in [6, 6.07) is 0. The minimum absolute atomic E-state index is 1.23. The maximum atomic E-state index is 2.59. The van der Waals surface area contributed by atoms with Gasteiger partial charge in [-0.15, -0.1) is 0 Å². The van der Waals surface area contributed by atoms with Crippen molar-refractivity contribution in [2.24, 2.45) is 0 Å². The van der Waals surface area contributed by atoms with Crippen LogP contribution in [0.15, 0.2) is 23.8 Å². The summed E-state index contributed by atoms with van der Waals surface area (Å²) in [7, 11) is 0. The first-order valence-electron chi connectivity index (χ1n) is 5.38. The van der Waals surface area contributed by atoms with E-state index in [1.165, 1.54) is 50.9 Å². The average molecular weight is 176 g/mol. The number of allylic oxidation sites excluding steroid dienone is 3. The largest absolute Gasteiger partial charge is 0.303 e. The lowest BCUT2D eigenvalue weighted by molar-refractivity contribution is 0.231. The number of nitrogens with zero attached hydrogens (tertiary/aromatic N) is 1. The van der Waals surface area contributed by atoms with Crippen molar-refractivity contribution in [3.63, 3.8) is 0 Å². The summed E-state index contributed by atoms with van der Waals surface area (Å²) in [4.78, 5) is 2.59. The van der Waals surface area contributed by atoms with E-state index in [0.717, 1.165) is 0 Å². The molecular formula is C12H18N. The Morgan fingerprint density at radius 2 is 1.92 bits per heavy atom. The normalized spacial score (nSPS) is 23.5. The summed E-state index contributed by atoms with van der Waals surface area (Å²) >= 11 is 0. The van der Waals surface area contributed by atoms with Crippen LogP contribution in [0, 0.1) is 6.42 Å². The van der Waals surface area contributed by atoms with Gasteiger partial charge in [0.2, 0.25) is 0 Å². The average Bonchev–Trinajstić information content (AvgIpc) is 2.69. The maximum absolute atomic E-state index is 2.59. The Bertz CT molecular complexity index is 209. The minimum Gasteiger partial charge on any atom is -0.303 e. The molecular weight excluding hydrogens is 158 g/mol. The van der Waals surface area contributed by atoms with Gasteiger partial charge in [-0.3, -0.25) is 0 Å². The van der Waals surface area contributed by atoms with E-state index in [1.54, 1.807) is 0 Å². The highest BCUT2D eigenvalue weighted by molar-refractivity contribution is 5.33. The minimum atomic E-state index is 1.23. The molecule has 13 heavy (non-hydrogen) atoms. The molecule has 1 nitrogen and oxygen atoms in total. The Hall–Kier alpha value is -0.560. The van der Waals surface area contributed by atoms with Crippen molar-refractivity contribution in [2.45, 2.75) is 25.7 Å². The van der Waals surface area contributed by atoms with E-state index in [1.807, 2.05) is 0 Å². The van der Waals surface area contributed by atoms with E-state index in [2.05, 4.69) is 29.5 Å². The van der Waals surface area contributed by atoms with Gasteiger partial charge in [-0.25, -0.2) is 0 Å². The van der Waals surface area contributed by atoms with Crippen LogP contribution in [-0.2, 0) is 0 Å². The molecule has 0 N–H and O–H groups in total. The Morgan fingerprint density at radius 3 is 2.62 bits per heavy atom. The van der Waals surface area contributed by atoms with Crippen molar-refractivity contribution in [2.75, 3.05) is 19.6 Å². The molecule has 1 heterocycles. The summed E-state index contributed by atoms with van der Waals surface area (Å²) in [5, 5.41) is 0. The van der Waals surface area contributed by atoms with Crippen LogP contribution in [-0.4, -0.2) is 24.5 Å². The van der Waals surface area contributed by atoms with Crippen molar-refractivity contribution >= 4 is 0 Å². The molecule has 0 saturated carbocycles. The van der Waals surface area contributed by atoms with Crippen LogP contribution in [0.1, 0.15) is 25.7 Å². The molecule has 1 saturated heterocycles. The maximum Gasteiger partial charge on any atom is 0.00839 e. The van der Waals surface area contributed by atoms with E-state index in [4.69, 9.17) is 0 Å². The molecule has 2 aliphatic rings. The molecule has 0 bridgehead atoms. The van der Waals surface area contributed by atoms with E-state index in [0.29, 0.717) is 0 Å². The van der Waals surface area contributed by atoms with Gasteiger partial charge >= 0.3 is 0 Å². The predicted octanol–water partition coefficient (Wildman–Crippen LogP) is 2.56. The van der Waals surface area contributed by atoms with Crippen LogP contribution in [0.4, 0.5) is 0 Å². The molecule has 0 aromatic heterocycles. The van der Waals surface area contributed by atoms with Gasteiger partial charge in [0, 0.05) is 13.0 Å². The fourth-order valence-corrected chi connectivity index (χ4v) is 2.05. The number of rotatable bonds is 3. The molecule has 0 unspecified atom stereocenters. The first kappa shape index (κ1) is 9.01. The molecule has 2 rings (SSSR count). The quantitative estimate of drug-likeness (QED) is 0.639. The molecule has 1 aliphatic heterocycles. The standard InChI is InChI=1S/C12H18N/c1-4-9-13(10-5-1)11-8-12-6-2-3-7-12/h2-3,6-7H,1,4-5,8-11H2. The first-order valence-corrected chi connectivity index (χ1v) is 5.38. The zero-order valence-corrected chi connectivity index (χ0v) is 8.21. The monoisotopic (exact) mass is 176 g/mol. The van der Waals surface area contributed by atoms with Crippen molar-refractivity contribution < 1.29 is 0 Å². The van der Waals surface area contributed by atoms with E-state index >= 15 is 0 Å². The molecule has 0 aromatic rings. The summed E-state index contributed by atoms with van der Waals surface area (Å²) in [6.45, 7) is 3.89. The van der Waals surface area contributed by atoms with Crippen LogP contribution in [0.3, 0.4) is 0 Å². The van der Waals surface area contributed by atoms with Crippen LogP contribution in [0.5, 0.6) is 0 Å². The van der Waals surface area contributed by atoms with Gasteiger partial charge in [0.05, 0.1) is 0 Å². The lowest BCUT2D eigenvalue weighted by atomic mass is 10.1. The summed E-state index contributed by atoms with van der Waals surface area (Å²) in [5.41, 5.74) is 1.49. The van der Waals surface area contributed by atoms with Gasteiger partial charge in [0.1, 0.15) is 0 Å². The summed E-state index contributed by atoms with van der Waals surface area (Å²) in [5.74, 6) is 0. The number of piperidine rings is 1. The third kappa shape index (κ3) is 2.70. The first-order chi connectivity index (χ1) is 6.45. The van der Waals surface area contributed by atoms with Crippen molar-refractivity contribution in [1.29, 1.82) is 0 Å². The van der Waals surface area contributed by atoms with Crippen molar-refractivity contribution in [1.82, 2.24) is 4.90 Å². The van der Waals surface area contributed by atoms with Crippen LogP contribution >= 0.6 is 0 Å². The molecule has 0 spiro atoms. The highest BCUT2D eigenvalue weighted by Gasteiger charge is 2.10. The molecule has 1 aliphatic carbocycles. The highest BCUT2D eigenvalue weighted by Crippen LogP contribution is 2.15. The molecule has 0 aromatic carbocycles. The van der Waals surface area contributed by atoms with Crippen LogP contribution in [0.25, 0.3) is 0 Å². The zero-order chi connectivity index (χ0) is 8.93. The molecule has 1 heteroatoms. The second kappa shape index (κ2) is 4.61. The highest BCUT2D eigenvalue weighted by atomic mass is 15.1. The zero-order valence-electron chi connectivity index (χ0n) is 8.21. The molecule has 71 valence electrons. The van der Waals surface area contributed by atoms with Crippen LogP contribution in [0.2, 0.25) is 0 Å². The van der Waals surface area contributed by atoms with E-state index < -0.39 is 0 Å². The topological polar surface area (TPSA) is 3.24 Å². The van der Waals surface area contributed by atoms with E-state index in [9.17, 15) is 0 Å². The Morgan fingerprint density at radius 1 is 1.08 bits per heavy atom. The number of hydrogen-bond donors (Lipinski definition) is 0. The van der Waals surface area contributed by atoms with Gasteiger partial charge in [-0.1, -0.05) is 30.2 Å². The molecule has 1 radical (unpaired) electrons. The second-order valence-electron chi connectivity index (χ2n) is 3.95. The fourth-order valence-electron chi connectivity index (χ4n) is 2.05. The third-order valence-electron chi connectivity index (χ3n) is 2.90. The third-order valence-corrected chi connectivity index (χ3v) is 2.90. The van der Waals surface area contributed by atoms with Gasteiger partial charge in [-0.2, -0.15) is 0 Å². The fraction of sp³-hybridized carbons (Fsp3) is 0.583. The van der Waals surface area contributed by atoms with Gasteiger partial charge in [0.15, 0.2) is 0 Å². The molecule has 0 atom stereocenters. The number of hydrogen-bond acceptors (Lipinski definition) is 1. The van der Waals surface area contributed by atoms with Gasteiger partial charge in [-0.05, 0) is 32.4 Å². The lowest BCUT2D eigenvalue weighted by Crippen LogP contribution is -2.30. The van der Waals surface area contributed by atoms with E-state index in [-0.39, 0.29) is 0 Å². The lowest BCUT2D eigenvalue weighted by Gasteiger charge is -2.26. The smallest absolute Gasteiger partial charge is 0.00839 e. The van der Waals surface area contributed by atoms with Gasteiger partial charge < -0.3 is 4.90 Å². The SMILES string of the molecule is [CH]1C=CC=C1CCN1CCCCC1. The second-order valence-corrected chi connectivity index (χ2v) is 3.95. The Labute approximate surface area is 81.1 Å². The summed E-state index contributed by atoms with van der Waals surface area (Å²) < 4.78 is 0. The predicted molar refractivity (Wildman–Crippen MR) is 56.4 cm³/mol. The Balaban J connectivity index is 1.66. The molecule has 0 amide bonds. The summed E-state index contributed by atoms with van der Waals surface area (Å²) in [6.07, 6.45) is 14.2. The van der Waals surface area contributed by atoms with Gasteiger partial charge in [0.25, 0.3) is 0 Å². The Kier molecular flexibility index (Phi) is 3.20. The molecule has 1 fully saturated rings. The number of likely N-dealkylation sites (tertiary alicyclic amines) is 1.